The molecule has 4 heteroatoms. The lowest BCUT2D eigenvalue weighted by molar-refractivity contribution is 0.628. The molecule has 0 amide bonds. The third-order valence-corrected chi connectivity index (χ3v) is 3.16. The maximum absolute atomic E-state index is 12.8. The summed E-state index contributed by atoms with van der Waals surface area (Å²) in [4.78, 5) is 0. The van der Waals surface area contributed by atoms with Crippen LogP contribution in [0.1, 0.15) is 11.1 Å². The normalized spacial score (nSPS) is 10.1. The molecule has 0 unspecified atom stereocenters. The number of hydrogen-bond donors (Lipinski definition) is 2. The molecule has 0 atom stereocenters. The number of thiocarbonyl (C=S) groups is 1. The number of anilines is 2. The molecule has 2 aromatic carbocycles. The molecule has 98 valence electrons. The first-order chi connectivity index (χ1) is 9.06. The van der Waals surface area contributed by atoms with E-state index < -0.39 is 0 Å². The molecular weight excluding hydrogens is 259 g/mol. The van der Waals surface area contributed by atoms with Crippen LogP contribution in [0.3, 0.4) is 0 Å². The fourth-order valence-electron chi connectivity index (χ4n) is 1.70. The van der Waals surface area contributed by atoms with Gasteiger partial charge < -0.3 is 10.6 Å². The van der Waals surface area contributed by atoms with E-state index in [9.17, 15) is 4.39 Å². The molecule has 0 aliphatic rings. The van der Waals surface area contributed by atoms with Gasteiger partial charge >= 0.3 is 0 Å². The van der Waals surface area contributed by atoms with Gasteiger partial charge in [0.1, 0.15) is 5.82 Å². The zero-order valence-electron chi connectivity index (χ0n) is 10.8. The maximum atomic E-state index is 12.8. The van der Waals surface area contributed by atoms with E-state index in [0.29, 0.717) is 5.11 Å². The molecule has 2 nitrogen and oxygen atoms in total. The molecule has 0 saturated carbocycles. The molecule has 0 saturated heterocycles. The minimum atomic E-state index is -0.265. The smallest absolute Gasteiger partial charge is 0.175 e. The van der Waals surface area contributed by atoms with E-state index in [1.807, 2.05) is 19.1 Å². The number of rotatable bonds is 2. The monoisotopic (exact) mass is 274 g/mol. The molecule has 0 aromatic heterocycles. The van der Waals surface area contributed by atoms with Crippen LogP contribution in [0.15, 0.2) is 42.5 Å². The summed E-state index contributed by atoms with van der Waals surface area (Å²) in [5.74, 6) is -0.265. The Morgan fingerprint density at radius 2 is 1.68 bits per heavy atom. The molecule has 2 rings (SSSR count). The summed E-state index contributed by atoms with van der Waals surface area (Å²) in [5, 5.41) is 6.65. The Labute approximate surface area is 117 Å². The molecule has 0 fully saturated rings. The van der Waals surface area contributed by atoms with Crippen molar-refractivity contribution >= 4 is 28.7 Å². The van der Waals surface area contributed by atoms with Crippen molar-refractivity contribution in [1.29, 1.82) is 0 Å². The first-order valence-electron chi connectivity index (χ1n) is 5.96. The van der Waals surface area contributed by atoms with Crippen molar-refractivity contribution in [2.75, 3.05) is 10.6 Å². The van der Waals surface area contributed by atoms with E-state index in [-0.39, 0.29) is 5.82 Å². The van der Waals surface area contributed by atoms with Crippen LogP contribution in [0.4, 0.5) is 15.8 Å². The number of aryl methyl sites for hydroxylation is 1. The Balaban J connectivity index is 2.05. The predicted octanol–water partition coefficient (Wildman–Crippen LogP) is 4.25. The van der Waals surface area contributed by atoms with Gasteiger partial charge in [-0.1, -0.05) is 12.1 Å². The Morgan fingerprint density at radius 3 is 2.37 bits per heavy atom. The highest BCUT2D eigenvalue weighted by Crippen LogP contribution is 2.18. The standard InChI is InChI=1S/C15H15FN2S/c1-10-4-3-5-14(11(10)2)18-15(19)17-13-8-6-12(16)7-9-13/h3-9H,1-2H3,(H2,17,18,19). The fourth-order valence-corrected chi connectivity index (χ4v) is 1.93. The summed E-state index contributed by atoms with van der Waals surface area (Å²) in [6.07, 6.45) is 0. The Bertz CT molecular complexity index is 594. The topological polar surface area (TPSA) is 24.1 Å². The second-order valence-corrected chi connectivity index (χ2v) is 4.74. The molecule has 2 N–H and O–H groups in total. The number of hydrogen-bond acceptors (Lipinski definition) is 1. The summed E-state index contributed by atoms with van der Waals surface area (Å²) < 4.78 is 12.8. The lowest BCUT2D eigenvalue weighted by Gasteiger charge is -2.13. The molecule has 0 aliphatic carbocycles. The second kappa shape index (κ2) is 5.80. The van der Waals surface area contributed by atoms with Gasteiger partial charge in [0, 0.05) is 11.4 Å². The van der Waals surface area contributed by atoms with E-state index >= 15 is 0 Å². The van der Waals surface area contributed by atoms with Crippen LogP contribution in [0.25, 0.3) is 0 Å². The van der Waals surface area contributed by atoms with Crippen LogP contribution in [0.5, 0.6) is 0 Å². The molecule has 0 heterocycles. The van der Waals surface area contributed by atoms with Crippen molar-refractivity contribution < 1.29 is 4.39 Å². The van der Waals surface area contributed by atoms with E-state index in [4.69, 9.17) is 12.2 Å². The number of benzene rings is 2. The predicted molar refractivity (Wildman–Crippen MR) is 82.2 cm³/mol. The zero-order valence-corrected chi connectivity index (χ0v) is 11.6. The van der Waals surface area contributed by atoms with Crippen molar-refractivity contribution in [3.63, 3.8) is 0 Å². The van der Waals surface area contributed by atoms with E-state index in [1.54, 1.807) is 12.1 Å². The van der Waals surface area contributed by atoms with Crippen molar-refractivity contribution in [2.24, 2.45) is 0 Å². The summed E-state index contributed by atoms with van der Waals surface area (Å²) in [6.45, 7) is 4.09. The average molecular weight is 274 g/mol. The maximum Gasteiger partial charge on any atom is 0.175 e. The Kier molecular flexibility index (Phi) is 4.12. The molecular formula is C15H15FN2S. The van der Waals surface area contributed by atoms with Crippen molar-refractivity contribution in [1.82, 2.24) is 0 Å². The van der Waals surface area contributed by atoms with Crippen LogP contribution in [0, 0.1) is 19.7 Å². The highest BCUT2D eigenvalue weighted by atomic mass is 32.1. The lowest BCUT2D eigenvalue weighted by atomic mass is 10.1. The average Bonchev–Trinajstić information content (AvgIpc) is 2.38. The lowest BCUT2D eigenvalue weighted by Crippen LogP contribution is -2.19. The summed E-state index contributed by atoms with van der Waals surface area (Å²) in [6, 6.07) is 12.1. The third-order valence-electron chi connectivity index (χ3n) is 2.95. The first-order valence-corrected chi connectivity index (χ1v) is 6.37. The van der Waals surface area contributed by atoms with E-state index in [1.165, 1.54) is 17.7 Å². The van der Waals surface area contributed by atoms with Gasteiger partial charge in [0.15, 0.2) is 5.11 Å². The van der Waals surface area contributed by atoms with Crippen molar-refractivity contribution in [2.45, 2.75) is 13.8 Å². The van der Waals surface area contributed by atoms with Crippen LogP contribution in [0.2, 0.25) is 0 Å². The van der Waals surface area contributed by atoms with Crippen LogP contribution >= 0.6 is 12.2 Å². The molecule has 19 heavy (non-hydrogen) atoms. The van der Waals surface area contributed by atoms with Gasteiger partial charge in [0.05, 0.1) is 0 Å². The summed E-state index contributed by atoms with van der Waals surface area (Å²) >= 11 is 5.24. The quantitative estimate of drug-likeness (QED) is 0.800. The summed E-state index contributed by atoms with van der Waals surface area (Å²) in [7, 11) is 0. The van der Waals surface area contributed by atoms with Gasteiger partial charge in [-0.3, -0.25) is 0 Å². The zero-order chi connectivity index (χ0) is 13.8. The molecule has 2 aromatic rings. The van der Waals surface area contributed by atoms with Gasteiger partial charge in [-0.05, 0) is 67.5 Å². The van der Waals surface area contributed by atoms with E-state index in [2.05, 4.69) is 23.6 Å². The largest absolute Gasteiger partial charge is 0.332 e. The van der Waals surface area contributed by atoms with Gasteiger partial charge in [0.2, 0.25) is 0 Å². The number of halogens is 1. The highest BCUT2D eigenvalue weighted by molar-refractivity contribution is 7.80. The van der Waals surface area contributed by atoms with Crippen molar-refractivity contribution in [3.05, 3.63) is 59.4 Å². The summed E-state index contributed by atoms with van der Waals surface area (Å²) in [5.41, 5.74) is 4.09. The van der Waals surface area contributed by atoms with Gasteiger partial charge in [-0.2, -0.15) is 0 Å². The molecule has 0 radical (unpaired) electrons. The van der Waals surface area contributed by atoms with Crippen LogP contribution in [-0.4, -0.2) is 5.11 Å². The fraction of sp³-hybridized carbons (Fsp3) is 0.133. The van der Waals surface area contributed by atoms with E-state index in [0.717, 1.165) is 16.9 Å². The van der Waals surface area contributed by atoms with Crippen LogP contribution in [-0.2, 0) is 0 Å². The van der Waals surface area contributed by atoms with Gasteiger partial charge in [-0.15, -0.1) is 0 Å². The number of nitrogens with one attached hydrogen (secondary N) is 2. The third kappa shape index (κ3) is 3.51. The Morgan fingerprint density at radius 1 is 1.00 bits per heavy atom. The minimum Gasteiger partial charge on any atom is -0.332 e. The molecule has 0 aliphatic heterocycles. The SMILES string of the molecule is Cc1cccc(NC(=S)Nc2ccc(F)cc2)c1C. The highest BCUT2D eigenvalue weighted by Gasteiger charge is 2.03. The van der Waals surface area contributed by atoms with Crippen LogP contribution < -0.4 is 10.6 Å². The minimum absolute atomic E-state index is 0.265. The molecule has 0 bridgehead atoms. The van der Waals surface area contributed by atoms with Gasteiger partial charge in [-0.25, -0.2) is 4.39 Å². The van der Waals surface area contributed by atoms with Crippen molar-refractivity contribution in [3.8, 4) is 0 Å². The van der Waals surface area contributed by atoms with Gasteiger partial charge in [0.25, 0.3) is 0 Å². The Hall–Kier alpha value is -1.94. The molecule has 0 spiro atoms. The second-order valence-electron chi connectivity index (χ2n) is 4.33. The first kappa shape index (κ1) is 13.5.